The Morgan fingerprint density at radius 2 is 2.00 bits per heavy atom. The molecule has 0 radical (unpaired) electrons. The molecule has 6 heteroatoms. The largest absolute Gasteiger partial charge is 0.573 e. The van der Waals surface area contributed by atoms with Gasteiger partial charge in [-0.1, -0.05) is 17.7 Å². The molecule has 1 aromatic carbocycles. The van der Waals surface area contributed by atoms with Crippen LogP contribution in [0.25, 0.3) is 0 Å². The van der Waals surface area contributed by atoms with Gasteiger partial charge in [-0.15, -0.1) is 13.2 Å². The predicted molar refractivity (Wildman–Crippen MR) is 58.0 cm³/mol. The van der Waals surface area contributed by atoms with E-state index in [9.17, 15) is 13.2 Å². The SMILES string of the molecule is FC(F)(F)Oc1ccc(CN2CCC2)cc1Cl. The van der Waals surface area contributed by atoms with Crippen LogP contribution in [0.15, 0.2) is 18.2 Å². The lowest BCUT2D eigenvalue weighted by molar-refractivity contribution is -0.274. The van der Waals surface area contributed by atoms with E-state index in [0.717, 1.165) is 18.7 Å². The minimum Gasteiger partial charge on any atom is -0.404 e. The van der Waals surface area contributed by atoms with E-state index < -0.39 is 6.36 Å². The zero-order valence-corrected chi connectivity index (χ0v) is 9.68. The zero-order valence-electron chi connectivity index (χ0n) is 8.93. The van der Waals surface area contributed by atoms with Crippen molar-refractivity contribution in [3.8, 4) is 5.75 Å². The lowest BCUT2D eigenvalue weighted by Gasteiger charge is -2.30. The molecule has 1 fully saturated rings. The molecule has 1 aliphatic rings. The molecule has 0 bridgehead atoms. The van der Waals surface area contributed by atoms with Crippen LogP contribution in [0.1, 0.15) is 12.0 Å². The van der Waals surface area contributed by atoms with Gasteiger partial charge in [-0.25, -0.2) is 0 Å². The minimum absolute atomic E-state index is 0.0136. The lowest BCUT2D eigenvalue weighted by atomic mass is 10.1. The van der Waals surface area contributed by atoms with E-state index in [4.69, 9.17) is 11.6 Å². The van der Waals surface area contributed by atoms with Crippen LogP contribution in [-0.2, 0) is 6.54 Å². The molecule has 0 saturated carbocycles. The molecule has 94 valence electrons. The summed E-state index contributed by atoms with van der Waals surface area (Å²) < 4.78 is 39.8. The van der Waals surface area contributed by atoms with Crippen molar-refractivity contribution in [2.45, 2.75) is 19.3 Å². The third-order valence-corrected chi connectivity index (χ3v) is 2.87. The number of ether oxygens (including phenoxy) is 1. The molecule has 0 spiro atoms. The molecule has 17 heavy (non-hydrogen) atoms. The van der Waals surface area contributed by atoms with E-state index >= 15 is 0 Å². The van der Waals surface area contributed by atoms with Crippen LogP contribution in [-0.4, -0.2) is 24.4 Å². The highest BCUT2D eigenvalue weighted by Crippen LogP contribution is 2.31. The molecular weight excluding hydrogens is 255 g/mol. The molecular formula is C11H11ClF3NO. The highest BCUT2D eigenvalue weighted by atomic mass is 35.5. The molecule has 0 amide bonds. The average Bonchev–Trinajstić information content (AvgIpc) is 2.14. The number of alkyl halides is 3. The van der Waals surface area contributed by atoms with Gasteiger partial charge in [0.25, 0.3) is 0 Å². The summed E-state index contributed by atoms with van der Waals surface area (Å²) in [6.45, 7) is 2.77. The van der Waals surface area contributed by atoms with Crippen LogP contribution in [0.3, 0.4) is 0 Å². The van der Waals surface area contributed by atoms with Gasteiger partial charge < -0.3 is 4.74 Å². The summed E-state index contributed by atoms with van der Waals surface area (Å²) in [4.78, 5) is 2.19. The van der Waals surface area contributed by atoms with E-state index in [1.807, 2.05) is 0 Å². The quantitative estimate of drug-likeness (QED) is 0.830. The Labute approximate surface area is 102 Å². The molecule has 1 aromatic rings. The monoisotopic (exact) mass is 265 g/mol. The van der Waals surface area contributed by atoms with Gasteiger partial charge in [0.15, 0.2) is 0 Å². The standard InChI is InChI=1S/C11H11ClF3NO/c12-9-6-8(7-16-4-1-5-16)2-3-10(9)17-11(13,14)15/h2-3,6H,1,4-5,7H2. The maximum absolute atomic E-state index is 12.0. The van der Waals surface area contributed by atoms with E-state index in [1.165, 1.54) is 18.6 Å². The third-order valence-electron chi connectivity index (χ3n) is 2.58. The number of hydrogen-bond donors (Lipinski definition) is 0. The Morgan fingerprint density at radius 1 is 1.29 bits per heavy atom. The van der Waals surface area contributed by atoms with Crippen molar-refractivity contribution in [3.63, 3.8) is 0 Å². The first-order valence-corrected chi connectivity index (χ1v) is 5.58. The number of benzene rings is 1. The average molecular weight is 266 g/mol. The van der Waals surface area contributed by atoms with Crippen LogP contribution in [0.4, 0.5) is 13.2 Å². The highest BCUT2D eigenvalue weighted by Gasteiger charge is 2.32. The van der Waals surface area contributed by atoms with Gasteiger partial charge in [0.05, 0.1) is 5.02 Å². The van der Waals surface area contributed by atoms with Gasteiger partial charge in [-0.2, -0.15) is 0 Å². The summed E-state index contributed by atoms with van der Waals surface area (Å²) in [5, 5.41) is -0.0136. The van der Waals surface area contributed by atoms with E-state index in [0.29, 0.717) is 6.54 Å². The van der Waals surface area contributed by atoms with Gasteiger partial charge in [-0.05, 0) is 37.2 Å². The van der Waals surface area contributed by atoms with Crippen molar-refractivity contribution in [1.82, 2.24) is 4.90 Å². The fraction of sp³-hybridized carbons (Fsp3) is 0.455. The van der Waals surface area contributed by atoms with Crippen LogP contribution in [0.5, 0.6) is 5.75 Å². The van der Waals surface area contributed by atoms with Crippen LogP contribution in [0.2, 0.25) is 5.02 Å². The molecule has 1 heterocycles. The van der Waals surface area contributed by atoms with Crippen LogP contribution >= 0.6 is 11.6 Å². The molecule has 0 atom stereocenters. The van der Waals surface area contributed by atoms with Crippen molar-refractivity contribution < 1.29 is 17.9 Å². The van der Waals surface area contributed by atoms with Crippen LogP contribution in [0, 0.1) is 0 Å². The van der Waals surface area contributed by atoms with Crippen LogP contribution < -0.4 is 4.74 Å². The number of nitrogens with zero attached hydrogens (tertiary/aromatic N) is 1. The molecule has 1 aliphatic heterocycles. The summed E-state index contributed by atoms with van der Waals surface area (Å²) in [6.07, 6.45) is -3.54. The Hall–Kier alpha value is -0.940. The first-order valence-electron chi connectivity index (χ1n) is 5.20. The first-order chi connectivity index (χ1) is 7.94. The van der Waals surface area contributed by atoms with Crippen molar-refractivity contribution in [2.75, 3.05) is 13.1 Å². The topological polar surface area (TPSA) is 12.5 Å². The highest BCUT2D eigenvalue weighted by molar-refractivity contribution is 6.32. The molecule has 0 unspecified atom stereocenters. The van der Waals surface area contributed by atoms with Crippen molar-refractivity contribution in [2.24, 2.45) is 0 Å². The minimum atomic E-state index is -4.71. The maximum Gasteiger partial charge on any atom is 0.573 e. The number of halogens is 4. The Balaban J connectivity index is 2.05. The van der Waals surface area contributed by atoms with Gasteiger partial charge in [-0.3, -0.25) is 4.90 Å². The molecule has 0 aromatic heterocycles. The smallest absolute Gasteiger partial charge is 0.404 e. The molecule has 1 saturated heterocycles. The normalized spacial score (nSPS) is 16.7. The second kappa shape index (κ2) is 4.74. The Morgan fingerprint density at radius 3 is 2.47 bits per heavy atom. The van der Waals surface area contributed by atoms with Gasteiger partial charge in [0.2, 0.25) is 0 Å². The van der Waals surface area contributed by atoms with Gasteiger partial charge in [0, 0.05) is 6.54 Å². The predicted octanol–water partition coefficient (Wildman–Crippen LogP) is 3.44. The first kappa shape index (κ1) is 12.5. The maximum atomic E-state index is 12.0. The van der Waals surface area contributed by atoms with Crippen molar-refractivity contribution in [1.29, 1.82) is 0 Å². The van der Waals surface area contributed by atoms with E-state index in [2.05, 4.69) is 9.64 Å². The summed E-state index contributed by atoms with van der Waals surface area (Å²) in [7, 11) is 0. The van der Waals surface area contributed by atoms with Crippen molar-refractivity contribution >= 4 is 11.6 Å². The van der Waals surface area contributed by atoms with E-state index in [-0.39, 0.29) is 10.8 Å². The Kier molecular flexibility index (Phi) is 3.49. The number of hydrogen-bond acceptors (Lipinski definition) is 2. The lowest BCUT2D eigenvalue weighted by Crippen LogP contribution is -2.36. The van der Waals surface area contributed by atoms with Gasteiger partial charge >= 0.3 is 6.36 Å². The van der Waals surface area contributed by atoms with Crippen molar-refractivity contribution in [3.05, 3.63) is 28.8 Å². The third kappa shape index (κ3) is 3.51. The fourth-order valence-corrected chi connectivity index (χ4v) is 1.89. The second-order valence-corrected chi connectivity index (χ2v) is 4.35. The second-order valence-electron chi connectivity index (χ2n) is 3.94. The fourth-order valence-electron chi connectivity index (χ4n) is 1.65. The summed E-state index contributed by atoms with van der Waals surface area (Å²) in [5.74, 6) is -0.355. The summed E-state index contributed by atoms with van der Waals surface area (Å²) in [5.41, 5.74) is 0.893. The molecule has 2 rings (SSSR count). The molecule has 0 aliphatic carbocycles. The number of likely N-dealkylation sites (tertiary alicyclic amines) is 1. The molecule has 0 N–H and O–H groups in total. The Bertz CT molecular complexity index is 404. The molecule has 2 nitrogen and oxygen atoms in total. The summed E-state index contributed by atoms with van der Waals surface area (Å²) in [6, 6.07) is 4.37. The number of rotatable bonds is 3. The van der Waals surface area contributed by atoms with Gasteiger partial charge in [0.1, 0.15) is 5.75 Å². The summed E-state index contributed by atoms with van der Waals surface area (Å²) >= 11 is 5.74. The van der Waals surface area contributed by atoms with E-state index in [1.54, 1.807) is 6.07 Å². The zero-order chi connectivity index (χ0) is 12.5.